The van der Waals surface area contributed by atoms with E-state index in [4.69, 9.17) is 4.74 Å². The van der Waals surface area contributed by atoms with E-state index in [1.807, 2.05) is 32.0 Å². The van der Waals surface area contributed by atoms with E-state index >= 15 is 0 Å². The Labute approximate surface area is 146 Å². The van der Waals surface area contributed by atoms with Crippen LogP contribution < -0.4 is 5.32 Å². The summed E-state index contributed by atoms with van der Waals surface area (Å²) >= 11 is 1.27. The maximum Gasteiger partial charge on any atom is 0.316 e. The highest BCUT2D eigenvalue weighted by Gasteiger charge is 2.28. The van der Waals surface area contributed by atoms with Crippen LogP contribution in [-0.4, -0.2) is 49.4 Å². The minimum absolute atomic E-state index is 0.0526. The number of nitrogens with one attached hydrogen (secondary N) is 1. The first kappa shape index (κ1) is 18.8. The summed E-state index contributed by atoms with van der Waals surface area (Å²) in [7, 11) is -2.95. The fourth-order valence-corrected chi connectivity index (χ4v) is 5.95. The summed E-state index contributed by atoms with van der Waals surface area (Å²) in [5, 5.41) is 2.62. The molecule has 1 aliphatic rings. The largest absolute Gasteiger partial charge is 0.455 e. The van der Waals surface area contributed by atoms with E-state index in [-0.39, 0.29) is 29.1 Å². The van der Waals surface area contributed by atoms with Crippen molar-refractivity contribution in [3.05, 3.63) is 29.3 Å². The number of benzene rings is 1. The van der Waals surface area contributed by atoms with Gasteiger partial charge >= 0.3 is 5.97 Å². The third-order valence-electron chi connectivity index (χ3n) is 3.50. The van der Waals surface area contributed by atoms with Gasteiger partial charge in [0.1, 0.15) is 0 Å². The predicted molar refractivity (Wildman–Crippen MR) is 95.0 cm³/mol. The average Bonchev–Trinajstić information content (AvgIpc) is 2.81. The maximum atomic E-state index is 11.8. The van der Waals surface area contributed by atoms with Crippen LogP contribution in [0, 0.1) is 13.8 Å². The molecular formula is C16H21NO5S2. The third kappa shape index (κ3) is 6.16. The molecule has 1 saturated heterocycles. The normalized spacial score (nSPS) is 19.0. The third-order valence-corrected chi connectivity index (χ3v) is 6.75. The number of rotatable bonds is 6. The fraction of sp³-hybridized carbons (Fsp3) is 0.500. The molecule has 0 unspecified atom stereocenters. The number of esters is 1. The van der Waals surface area contributed by atoms with Gasteiger partial charge in [0.2, 0.25) is 0 Å². The van der Waals surface area contributed by atoms with Crippen molar-refractivity contribution in [1.29, 1.82) is 0 Å². The van der Waals surface area contributed by atoms with Crippen molar-refractivity contribution in [1.82, 2.24) is 0 Å². The lowest BCUT2D eigenvalue weighted by atomic mass is 10.1. The summed E-state index contributed by atoms with van der Waals surface area (Å²) in [4.78, 5) is 23.5. The van der Waals surface area contributed by atoms with Gasteiger partial charge < -0.3 is 10.1 Å². The molecule has 6 nitrogen and oxygen atoms in total. The molecule has 0 aromatic heterocycles. The van der Waals surface area contributed by atoms with E-state index in [1.165, 1.54) is 11.8 Å². The second-order valence-corrected chi connectivity index (χ2v) is 9.44. The predicted octanol–water partition coefficient (Wildman–Crippen LogP) is 1.71. The van der Waals surface area contributed by atoms with Crippen LogP contribution in [-0.2, 0) is 24.2 Å². The number of thioether (sulfide) groups is 1. The molecule has 2 rings (SSSR count). The highest BCUT2D eigenvalue weighted by molar-refractivity contribution is 8.02. The number of hydrogen-bond acceptors (Lipinski definition) is 6. The fourth-order valence-electron chi connectivity index (χ4n) is 2.51. The van der Waals surface area contributed by atoms with Crippen LogP contribution in [0.3, 0.4) is 0 Å². The average molecular weight is 371 g/mol. The first-order valence-electron chi connectivity index (χ1n) is 7.59. The van der Waals surface area contributed by atoms with Crippen molar-refractivity contribution >= 4 is 39.2 Å². The number of anilines is 1. The van der Waals surface area contributed by atoms with Gasteiger partial charge in [-0.15, -0.1) is 11.8 Å². The molecule has 8 heteroatoms. The van der Waals surface area contributed by atoms with Crippen LogP contribution in [0.25, 0.3) is 0 Å². The van der Waals surface area contributed by atoms with Gasteiger partial charge in [-0.3, -0.25) is 9.59 Å². The number of amides is 1. The Bertz CT molecular complexity index is 710. The van der Waals surface area contributed by atoms with Gasteiger partial charge in [-0.1, -0.05) is 6.07 Å². The number of carbonyl (C=O) groups is 2. The molecule has 0 bridgehead atoms. The van der Waals surface area contributed by atoms with Crippen LogP contribution in [0.2, 0.25) is 0 Å². The molecule has 132 valence electrons. The van der Waals surface area contributed by atoms with Gasteiger partial charge in [-0.2, -0.15) is 0 Å². The second kappa shape index (κ2) is 8.02. The standard InChI is InChI=1S/C16H21NO5S2/c1-11-5-12(2)7-13(6-11)17-15(18)8-22-16(19)9-23-14-3-4-24(20,21)10-14/h5-7,14H,3-4,8-10H2,1-2H3,(H,17,18)/t14-/m0/s1. The number of hydrogen-bond donors (Lipinski definition) is 1. The Morgan fingerprint density at radius 1 is 1.25 bits per heavy atom. The number of carbonyl (C=O) groups excluding carboxylic acids is 2. The molecule has 1 fully saturated rings. The monoisotopic (exact) mass is 371 g/mol. The Balaban J connectivity index is 1.70. The van der Waals surface area contributed by atoms with Crippen LogP contribution in [0.4, 0.5) is 5.69 Å². The Hall–Kier alpha value is -1.54. The van der Waals surface area contributed by atoms with Gasteiger partial charge in [0.15, 0.2) is 16.4 Å². The number of ether oxygens (including phenoxy) is 1. The van der Waals surface area contributed by atoms with Gasteiger partial charge in [0.25, 0.3) is 5.91 Å². The Kier molecular flexibility index (Phi) is 6.28. The molecule has 1 aromatic carbocycles. The molecule has 1 N–H and O–H groups in total. The molecule has 0 saturated carbocycles. The Morgan fingerprint density at radius 3 is 2.50 bits per heavy atom. The van der Waals surface area contributed by atoms with Crippen molar-refractivity contribution in [2.75, 3.05) is 29.2 Å². The van der Waals surface area contributed by atoms with Gasteiger partial charge in [0.05, 0.1) is 17.3 Å². The summed E-state index contributed by atoms with van der Waals surface area (Å²) < 4.78 is 27.6. The minimum Gasteiger partial charge on any atom is -0.455 e. The molecule has 0 spiro atoms. The zero-order valence-electron chi connectivity index (χ0n) is 13.7. The Morgan fingerprint density at radius 2 is 1.92 bits per heavy atom. The van der Waals surface area contributed by atoms with Crippen LogP contribution >= 0.6 is 11.8 Å². The zero-order chi connectivity index (χ0) is 17.7. The van der Waals surface area contributed by atoms with Crippen LogP contribution in [0.15, 0.2) is 18.2 Å². The van der Waals surface area contributed by atoms with Gasteiger partial charge in [-0.25, -0.2) is 8.42 Å². The van der Waals surface area contributed by atoms with Gasteiger partial charge in [-0.05, 0) is 43.5 Å². The minimum atomic E-state index is -2.95. The SMILES string of the molecule is Cc1cc(C)cc(NC(=O)COC(=O)CS[C@H]2CCS(=O)(=O)C2)c1. The lowest BCUT2D eigenvalue weighted by Crippen LogP contribution is -2.22. The van der Waals surface area contributed by atoms with Crippen molar-refractivity contribution in [2.45, 2.75) is 25.5 Å². The highest BCUT2D eigenvalue weighted by Crippen LogP contribution is 2.24. The van der Waals surface area contributed by atoms with E-state index in [0.29, 0.717) is 12.1 Å². The van der Waals surface area contributed by atoms with Gasteiger partial charge in [0, 0.05) is 10.9 Å². The molecule has 1 atom stereocenters. The van der Waals surface area contributed by atoms with Crippen molar-refractivity contribution in [2.24, 2.45) is 0 Å². The molecule has 1 aromatic rings. The maximum absolute atomic E-state index is 11.8. The molecule has 1 aliphatic heterocycles. The van der Waals surface area contributed by atoms with E-state index < -0.39 is 21.7 Å². The smallest absolute Gasteiger partial charge is 0.316 e. The zero-order valence-corrected chi connectivity index (χ0v) is 15.3. The lowest BCUT2D eigenvalue weighted by molar-refractivity contribution is -0.144. The summed E-state index contributed by atoms with van der Waals surface area (Å²) in [5.74, 6) is -0.575. The molecular weight excluding hydrogens is 350 g/mol. The second-order valence-electron chi connectivity index (χ2n) is 5.92. The van der Waals surface area contributed by atoms with E-state index in [9.17, 15) is 18.0 Å². The van der Waals surface area contributed by atoms with E-state index in [2.05, 4.69) is 5.32 Å². The van der Waals surface area contributed by atoms with Crippen molar-refractivity contribution < 1.29 is 22.7 Å². The van der Waals surface area contributed by atoms with Crippen molar-refractivity contribution in [3.63, 3.8) is 0 Å². The molecule has 0 radical (unpaired) electrons. The number of aryl methyl sites for hydroxylation is 2. The topological polar surface area (TPSA) is 89.5 Å². The highest BCUT2D eigenvalue weighted by atomic mass is 32.2. The van der Waals surface area contributed by atoms with Crippen LogP contribution in [0.5, 0.6) is 0 Å². The molecule has 0 aliphatic carbocycles. The molecule has 24 heavy (non-hydrogen) atoms. The summed E-state index contributed by atoms with van der Waals surface area (Å²) in [6, 6.07) is 5.67. The van der Waals surface area contributed by atoms with E-state index in [1.54, 1.807) is 0 Å². The first-order valence-corrected chi connectivity index (χ1v) is 10.5. The summed E-state index contributed by atoms with van der Waals surface area (Å²) in [6.07, 6.45) is 0.563. The lowest BCUT2D eigenvalue weighted by Gasteiger charge is -2.09. The quantitative estimate of drug-likeness (QED) is 0.766. The molecule has 1 heterocycles. The van der Waals surface area contributed by atoms with E-state index in [0.717, 1.165) is 11.1 Å². The molecule has 1 amide bonds. The summed E-state index contributed by atoms with van der Waals surface area (Å²) in [5.41, 5.74) is 2.73. The van der Waals surface area contributed by atoms with Crippen molar-refractivity contribution in [3.8, 4) is 0 Å². The van der Waals surface area contributed by atoms with Crippen LogP contribution in [0.1, 0.15) is 17.5 Å². The number of sulfone groups is 1. The summed E-state index contributed by atoms with van der Waals surface area (Å²) in [6.45, 7) is 3.52. The first-order chi connectivity index (χ1) is 11.2.